The smallest absolute Gasteiger partial charge is 0.333 e. The summed E-state index contributed by atoms with van der Waals surface area (Å²) in [7, 11) is 1.48. The fraction of sp³-hybridized carbons (Fsp3) is 0.556. The van der Waals surface area contributed by atoms with Gasteiger partial charge in [-0.1, -0.05) is 17.7 Å². The van der Waals surface area contributed by atoms with E-state index in [1.165, 1.54) is 12.7 Å². The molecule has 0 radical (unpaired) electrons. The van der Waals surface area contributed by atoms with Crippen molar-refractivity contribution in [1.29, 1.82) is 0 Å². The Labute approximate surface area is 138 Å². The van der Waals surface area contributed by atoms with Gasteiger partial charge in [0.15, 0.2) is 5.54 Å². The van der Waals surface area contributed by atoms with E-state index < -0.39 is 11.5 Å². The second kappa shape index (κ2) is 8.11. The van der Waals surface area contributed by atoms with Crippen LogP contribution in [0.5, 0.6) is 0 Å². The van der Waals surface area contributed by atoms with Crippen LogP contribution in [-0.2, 0) is 25.5 Å². The number of ether oxygens (including phenoxy) is 2. The Balaban J connectivity index is 2.91. The Morgan fingerprint density at radius 2 is 1.74 bits per heavy atom. The zero-order chi connectivity index (χ0) is 17.6. The summed E-state index contributed by atoms with van der Waals surface area (Å²) < 4.78 is 10.1. The number of nitrogens with one attached hydrogen (secondary N) is 1. The minimum absolute atomic E-state index is 0.0590. The molecule has 0 saturated heterocycles. The Morgan fingerprint density at radius 3 is 2.22 bits per heavy atom. The normalized spacial score (nSPS) is 13.3. The van der Waals surface area contributed by atoms with Crippen LogP contribution in [0, 0.1) is 20.8 Å². The van der Waals surface area contributed by atoms with Gasteiger partial charge in [0, 0.05) is 7.11 Å². The summed E-state index contributed by atoms with van der Waals surface area (Å²) in [6.07, 6.45) is 0.219. The molecule has 0 saturated carbocycles. The van der Waals surface area contributed by atoms with Gasteiger partial charge >= 0.3 is 5.97 Å². The van der Waals surface area contributed by atoms with Gasteiger partial charge in [-0.25, -0.2) is 4.79 Å². The summed E-state index contributed by atoms with van der Waals surface area (Å²) in [5, 5.41) is 2.76. The summed E-state index contributed by atoms with van der Waals surface area (Å²) in [4.78, 5) is 24.5. The number of methoxy groups -OCH3 is 1. The van der Waals surface area contributed by atoms with Gasteiger partial charge in [-0.15, -0.1) is 0 Å². The van der Waals surface area contributed by atoms with Crippen LogP contribution < -0.4 is 5.32 Å². The average molecular weight is 321 g/mol. The lowest BCUT2D eigenvalue weighted by molar-refractivity contribution is -0.155. The van der Waals surface area contributed by atoms with Crippen LogP contribution >= 0.6 is 0 Å². The first kappa shape index (κ1) is 19.2. The molecule has 1 rings (SSSR count). The molecule has 128 valence electrons. The molecule has 1 N–H and O–H groups in total. The van der Waals surface area contributed by atoms with E-state index in [1.54, 1.807) is 13.8 Å². The number of amides is 1. The second-order valence-electron chi connectivity index (χ2n) is 6.09. The minimum Gasteiger partial charge on any atom is -0.464 e. The molecule has 0 heterocycles. The van der Waals surface area contributed by atoms with Crippen molar-refractivity contribution in [2.45, 2.75) is 46.6 Å². The van der Waals surface area contributed by atoms with E-state index in [0.717, 1.165) is 16.7 Å². The van der Waals surface area contributed by atoms with Crippen LogP contribution in [-0.4, -0.2) is 37.7 Å². The average Bonchev–Trinajstić information content (AvgIpc) is 2.43. The maximum Gasteiger partial charge on any atom is 0.333 e. The first-order valence-electron chi connectivity index (χ1n) is 7.77. The Kier molecular flexibility index (Phi) is 6.76. The molecule has 1 aromatic rings. The minimum atomic E-state index is -1.19. The third-order valence-electron chi connectivity index (χ3n) is 3.75. The third kappa shape index (κ3) is 5.06. The molecule has 1 aromatic carbocycles. The van der Waals surface area contributed by atoms with Crippen LogP contribution in [0.25, 0.3) is 0 Å². The van der Waals surface area contributed by atoms with Gasteiger partial charge in [-0.2, -0.15) is 0 Å². The van der Waals surface area contributed by atoms with Crippen molar-refractivity contribution in [2.75, 3.05) is 20.3 Å². The molecule has 0 aliphatic heterocycles. The lowest BCUT2D eigenvalue weighted by atomic mass is 9.96. The third-order valence-corrected chi connectivity index (χ3v) is 3.75. The molecule has 0 aliphatic rings. The lowest BCUT2D eigenvalue weighted by Gasteiger charge is -2.28. The van der Waals surface area contributed by atoms with E-state index in [1.807, 2.05) is 20.8 Å². The summed E-state index contributed by atoms with van der Waals surface area (Å²) in [5.74, 6) is -0.722. The largest absolute Gasteiger partial charge is 0.464 e. The Morgan fingerprint density at radius 1 is 1.17 bits per heavy atom. The van der Waals surface area contributed by atoms with Gasteiger partial charge in [0.25, 0.3) is 0 Å². The second-order valence-corrected chi connectivity index (χ2v) is 6.09. The number of benzene rings is 1. The maximum atomic E-state index is 12.4. The molecule has 0 spiro atoms. The van der Waals surface area contributed by atoms with Crippen molar-refractivity contribution in [3.8, 4) is 0 Å². The number of hydrogen-bond donors (Lipinski definition) is 1. The van der Waals surface area contributed by atoms with Crippen LogP contribution in [0.4, 0.5) is 0 Å². The topological polar surface area (TPSA) is 64.6 Å². The van der Waals surface area contributed by atoms with Crippen LogP contribution in [0.1, 0.15) is 36.1 Å². The van der Waals surface area contributed by atoms with Crippen LogP contribution in [0.2, 0.25) is 0 Å². The highest BCUT2D eigenvalue weighted by atomic mass is 16.5. The zero-order valence-corrected chi connectivity index (χ0v) is 14.9. The van der Waals surface area contributed by atoms with Gasteiger partial charge in [-0.3, -0.25) is 4.79 Å². The van der Waals surface area contributed by atoms with Gasteiger partial charge in [0.2, 0.25) is 5.91 Å². The van der Waals surface area contributed by atoms with E-state index in [4.69, 9.17) is 9.47 Å². The van der Waals surface area contributed by atoms with Gasteiger partial charge < -0.3 is 14.8 Å². The van der Waals surface area contributed by atoms with Crippen LogP contribution in [0.3, 0.4) is 0 Å². The Bertz CT molecular complexity index is 559. The fourth-order valence-electron chi connectivity index (χ4n) is 2.73. The predicted octanol–water partition coefficient (Wildman–Crippen LogP) is 2.24. The molecule has 1 unspecified atom stereocenters. The van der Waals surface area contributed by atoms with Crippen molar-refractivity contribution in [1.82, 2.24) is 5.32 Å². The molecule has 0 aliphatic carbocycles. The molecule has 0 aromatic heterocycles. The first-order valence-corrected chi connectivity index (χ1v) is 7.77. The van der Waals surface area contributed by atoms with Gasteiger partial charge in [0.05, 0.1) is 19.6 Å². The van der Waals surface area contributed by atoms with E-state index in [9.17, 15) is 9.59 Å². The summed E-state index contributed by atoms with van der Waals surface area (Å²) >= 11 is 0. The van der Waals surface area contributed by atoms with E-state index in [0.29, 0.717) is 0 Å². The summed E-state index contributed by atoms with van der Waals surface area (Å²) in [6, 6.07) is 4.10. The Hall–Kier alpha value is -1.88. The molecular weight excluding hydrogens is 294 g/mol. The van der Waals surface area contributed by atoms with E-state index in [2.05, 4.69) is 17.4 Å². The van der Waals surface area contributed by atoms with Gasteiger partial charge in [-0.05, 0) is 51.3 Å². The molecule has 5 heteroatoms. The molecule has 1 amide bonds. The first-order chi connectivity index (χ1) is 10.7. The molecule has 0 bridgehead atoms. The number of carbonyl (C=O) groups is 2. The number of esters is 1. The van der Waals surface area contributed by atoms with E-state index in [-0.39, 0.29) is 25.5 Å². The van der Waals surface area contributed by atoms with Crippen molar-refractivity contribution in [2.24, 2.45) is 0 Å². The molecular formula is C18H27NO4. The standard InChI is InChI=1S/C18H27NO4/c1-7-23-17(21)18(5,11-22-6)19-16(20)10-15-13(3)8-12(2)9-14(15)4/h8-9H,7,10-11H2,1-6H3,(H,19,20). The summed E-state index contributed by atoms with van der Waals surface area (Å²) in [5.41, 5.74) is 3.11. The molecule has 5 nitrogen and oxygen atoms in total. The molecule has 0 fully saturated rings. The summed E-state index contributed by atoms with van der Waals surface area (Å²) in [6.45, 7) is 9.66. The zero-order valence-electron chi connectivity index (χ0n) is 14.9. The lowest BCUT2D eigenvalue weighted by Crippen LogP contribution is -2.56. The quantitative estimate of drug-likeness (QED) is 0.782. The fourth-order valence-corrected chi connectivity index (χ4v) is 2.73. The highest BCUT2D eigenvalue weighted by Gasteiger charge is 2.36. The van der Waals surface area contributed by atoms with Crippen LogP contribution in [0.15, 0.2) is 12.1 Å². The number of carbonyl (C=O) groups excluding carboxylic acids is 2. The SMILES string of the molecule is CCOC(=O)C(C)(COC)NC(=O)Cc1c(C)cc(C)cc1C. The molecule has 1 atom stereocenters. The van der Waals surface area contributed by atoms with Crippen molar-refractivity contribution in [3.63, 3.8) is 0 Å². The number of aryl methyl sites for hydroxylation is 3. The van der Waals surface area contributed by atoms with E-state index >= 15 is 0 Å². The van der Waals surface area contributed by atoms with Crippen molar-refractivity contribution in [3.05, 3.63) is 34.4 Å². The highest BCUT2D eigenvalue weighted by molar-refractivity contribution is 5.89. The highest BCUT2D eigenvalue weighted by Crippen LogP contribution is 2.17. The van der Waals surface area contributed by atoms with Crippen molar-refractivity contribution < 1.29 is 19.1 Å². The number of rotatable bonds is 7. The predicted molar refractivity (Wildman–Crippen MR) is 89.4 cm³/mol. The van der Waals surface area contributed by atoms with Crippen molar-refractivity contribution >= 4 is 11.9 Å². The molecule has 23 heavy (non-hydrogen) atoms. The monoisotopic (exact) mass is 321 g/mol. The van der Waals surface area contributed by atoms with Gasteiger partial charge in [0.1, 0.15) is 0 Å². The maximum absolute atomic E-state index is 12.4. The number of hydrogen-bond acceptors (Lipinski definition) is 4.